The van der Waals surface area contributed by atoms with Crippen LogP contribution in [0.3, 0.4) is 0 Å². The van der Waals surface area contributed by atoms with E-state index < -0.39 is 0 Å². The molecule has 0 aliphatic rings. The van der Waals surface area contributed by atoms with E-state index in [4.69, 9.17) is 22.1 Å². The topological polar surface area (TPSA) is 61.0 Å². The lowest BCUT2D eigenvalue weighted by Crippen LogP contribution is -2.21. The van der Waals surface area contributed by atoms with Gasteiger partial charge in [0.05, 0.1) is 5.02 Å². The molecule has 20 heavy (non-hydrogen) atoms. The summed E-state index contributed by atoms with van der Waals surface area (Å²) in [6, 6.07) is 5.99. The minimum Gasteiger partial charge on any atom is -0.423 e. The van der Waals surface area contributed by atoms with Gasteiger partial charge in [-0.1, -0.05) is 24.6 Å². The minimum absolute atomic E-state index is 0.136. The van der Waals surface area contributed by atoms with Gasteiger partial charge in [-0.2, -0.15) is 0 Å². The molecule has 1 atom stereocenters. The average Bonchev–Trinajstić information content (AvgIpc) is 2.44. The van der Waals surface area contributed by atoms with Gasteiger partial charge in [0.25, 0.3) is 0 Å². The highest BCUT2D eigenvalue weighted by atomic mass is 35.5. The van der Waals surface area contributed by atoms with Crippen molar-refractivity contribution in [1.29, 1.82) is 0 Å². The van der Waals surface area contributed by atoms with E-state index in [1.165, 1.54) is 0 Å². The first-order chi connectivity index (χ1) is 9.58. The Labute approximate surface area is 124 Å². The van der Waals surface area contributed by atoms with Crippen LogP contribution in [-0.4, -0.2) is 16.0 Å². The van der Waals surface area contributed by atoms with E-state index in [0.717, 1.165) is 24.0 Å². The molecule has 2 aromatic rings. The molecule has 2 rings (SSSR count). The van der Waals surface area contributed by atoms with Crippen molar-refractivity contribution in [1.82, 2.24) is 9.97 Å². The number of ether oxygens (including phenoxy) is 1. The number of rotatable bonds is 5. The van der Waals surface area contributed by atoms with Crippen LogP contribution in [0.5, 0.6) is 11.8 Å². The Morgan fingerprint density at radius 1 is 1.30 bits per heavy atom. The number of halogens is 1. The fraction of sp³-hybridized carbons (Fsp3) is 0.333. The van der Waals surface area contributed by atoms with Crippen molar-refractivity contribution in [2.45, 2.75) is 32.7 Å². The number of hydrogen-bond donors (Lipinski definition) is 1. The Bertz CT molecular complexity index is 572. The van der Waals surface area contributed by atoms with Crippen molar-refractivity contribution in [3.05, 3.63) is 46.7 Å². The lowest BCUT2D eigenvalue weighted by Gasteiger charge is -2.09. The Morgan fingerprint density at radius 2 is 2.00 bits per heavy atom. The number of aryl methyl sites for hydroxylation is 1. The first-order valence-corrected chi connectivity index (χ1v) is 6.96. The highest BCUT2D eigenvalue weighted by molar-refractivity contribution is 6.32. The highest BCUT2D eigenvalue weighted by Gasteiger charge is 2.07. The lowest BCUT2D eigenvalue weighted by molar-refractivity contribution is 0.440. The van der Waals surface area contributed by atoms with Gasteiger partial charge < -0.3 is 10.5 Å². The normalized spacial score (nSPS) is 12.2. The summed E-state index contributed by atoms with van der Waals surface area (Å²) in [7, 11) is 0. The van der Waals surface area contributed by atoms with Crippen LogP contribution in [0.4, 0.5) is 0 Å². The van der Waals surface area contributed by atoms with Crippen LogP contribution in [0, 0.1) is 6.92 Å². The van der Waals surface area contributed by atoms with Crippen molar-refractivity contribution in [3.8, 4) is 11.8 Å². The van der Waals surface area contributed by atoms with Gasteiger partial charge in [-0.3, -0.25) is 0 Å². The van der Waals surface area contributed by atoms with E-state index in [9.17, 15) is 0 Å². The maximum Gasteiger partial charge on any atom is 0.321 e. The molecule has 0 fully saturated rings. The van der Waals surface area contributed by atoms with Crippen LogP contribution in [0.15, 0.2) is 30.6 Å². The van der Waals surface area contributed by atoms with Crippen LogP contribution in [0.2, 0.25) is 5.02 Å². The minimum atomic E-state index is 0.136. The van der Waals surface area contributed by atoms with Gasteiger partial charge in [0.15, 0.2) is 0 Å². The molecule has 0 aliphatic heterocycles. The summed E-state index contributed by atoms with van der Waals surface area (Å²) in [5.74, 6) is 0.551. The van der Waals surface area contributed by atoms with Crippen molar-refractivity contribution in [2.24, 2.45) is 5.73 Å². The van der Waals surface area contributed by atoms with Gasteiger partial charge in [0.2, 0.25) is 0 Å². The summed E-state index contributed by atoms with van der Waals surface area (Å²) in [4.78, 5) is 8.35. The van der Waals surface area contributed by atoms with Crippen LogP contribution in [-0.2, 0) is 6.42 Å². The molecule has 106 valence electrons. The fourth-order valence-electron chi connectivity index (χ4n) is 1.74. The van der Waals surface area contributed by atoms with Crippen molar-refractivity contribution < 1.29 is 4.74 Å². The van der Waals surface area contributed by atoms with Crippen molar-refractivity contribution in [3.63, 3.8) is 0 Å². The van der Waals surface area contributed by atoms with Crippen LogP contribution >= 0.6 is 11.6 Å². The smallest absolute Gasteiger partial charge is 0.321 e. The molecule has 0 amide bonds. The molecule has 4 nitrogen and oxygen atoms in total. The van der Waals surface area contributed by atoms with Gasteiger partial charge in [-0.15, -0.1) is 0 Å². The van der Waals surface area contributed by atoms with E-state index >= 15 is 0 Å². The standard InChI is InChI=1S/C15H18ClN3O/c1-3-12(17)7-11-8-18-15(19-9-11)20-14-5-4-10(2)6-13(14)16/h4-6,8-9,12H,3,7,17H2,1-2H3. The number of hydrogen-bond acceptors (Lipinski definition) is 4. The Kier molecular flexibility index (Phi) is 4.93. The maximum atomic E-state index is 6.10. The monoisotopic (exact) mass is 291 g/mol. The van der Waals surface area contributed by atoms with Crippen LogP contribution < -0.4 is 10.5 Å². The molecule has 0 aliphatic carbocycles. The Morgan fingerprint density at radius 3 is 2.60 bits per heavy atom. The zero-order chi connectivity index (χ0) is 14.5. The van der Waals surface area contributed by atoms with E-state index in [0.29, 0.717) is 10.8 Å². The number of nitrogens with two attached hydrogens (primary N) is 1. The summed E-state index contributed by atoms with van der Waals surface area (Å²) >= 11 is 6.10. The third kappa shape index (κ3) is 3.92. The third-order valence-electron chi connectivity index (χ3n) is 2.99. The van der Waals surface area contributed by atoms with Gasteiger partial charge in [0.1, 0.15) is 5.75 Å². The largest absolute Gasteiger partial charge is 0.423 e. The molecule has 2 N–H and O–H groups in total. The molecular formula is C15H18ClN3O. The molecule has 5 heteroatoms. The van der Waals surface area contributed by atoms with Crippen molar-refractivity contribution >= 4 is 11.6 Å². The second kappa shape index (κ2) is 6.68. The second-order valence-corrected chi connectivity index (χ2v) is 5.19. The SMILES string of the molecule is CCC(N)Cc1cnc(Oc2ccc(C)cc2Cl)nc1. The van der Waals surface area contributed by atoms with E-state index in [1.54, 1.807) is 12.4 Å². The predicted molar refractivity (Wildman–Crippen MR) is 80.3 cm³/mol. The summed E-state index contributed by atoms with van der Waals surface area (Å²) in [5, 5.41) is 0.547. The number of benzene rings is 1. The summed E-state index contributed by atoms with van der Waals surface area (Å²) < 4.78 is 5.57. The van der Waals surface area contributed by atoms with Gasteiger partial charge >= 0.3 is 6.01 Å². The van der Waals surface area contributed by atoms with Gasteiger partial charge in [-0.25, -0.2) is 9.97 Å². The van der Waals surface area contributed by atoms with E-state index in [-0.39, 0.29) is 12.1 Å². The maximum absolute atomic E-state index is 6.10. The van der Waals surface area contributed by atoms with Gasteiger partial charge in [-0.05, 0) is 43.0 Å². The average molecular weight is 292 g/mol. The summed E-state index contributed by atoms with van der Waals surface area (Å²) in [6.45, 7) is 4.03. The Balaban J connectivity index is 2.07. The third-order valence-corrected chi connectivity index (χ3v) is 3.29. The van der Waals surface area contributed by atoms with Crippen LogP contribution in [0.1, 0.15) is 24.5 Å². The Hall–Kier alpha value is -1.65. The zero-order valence-electron chi connectivity index (χ0n) is 11.6. The highest BCUT2D eigenvalue weighted by Crippen LogP contribution is 2.28. The first-order valence-electron chi connectivity index (χ1n) is 6.59. The van der Waals surface area contributed by atoms with Crippen molar-refractivity contribution in [2.75, 3.05) is 0 Å². The molecule has 1 unspecified atom stereocenters. The molecule has 0 radical (unpaired) electrons. The van der Waals surface area contributed by atoms with E-state index in [1.807, 2.05) is 25.1 Å². The predicted octanol–water partition coefficient (Wildman–Crippen LogP) is 3.51. The molecule has 0 bridgehead atoms. The number of aromatic nitrogens is 2. The molecule has 0 saturated heterocycles. The molecule has 1 aromatic heterocycles. The second-order valence-electron chi connectivity index (χ2n) is 4.78. The summed E-state index contributed by atoms with van der Waals surface area (Å²) in [5.41, 5.74) is 7.97. The first kappa shape index (κ1) is 14.8. The fourth-order valence-corrected chi connectivity index (χ4v) is 2.01. The molecule has 1 heterocycles. The quantitative estimate of drug-likeness (QED) is 0.916. The molecule has 1 aromatic carbocycles. The summed E-state index contributed by atoms with van der Waals surface area (Å²) in [6.07, 6.45) is 5.17. The van der Waals surface area contributed by atoms with E-state index in [2.05, 4.69) is 16.9 Å². The molecule has 0 spiro atoms. The molecule has 0 saturated carbocycles. The number of nitrogens with zero attached hydrogens (tertiary/aromatic N) is 2. The van der Waals surface area contributed by atoms with Crippen LogP contribution in [0.25, 0.3) is 0 Å². The lowest BCUT2D eigenvalue weighted by atomic mass is 10.1. The molecular weight excluding hydrogens is 274 g/mol. The van der Waals surface area contributed by atoms with Gasteiger partial charge in [0, 0.05) is 18.4 Å². The zero-order valence-corrected chi connectivity index (χ0v) is 12.4.